The fourth-order valence-corrected chi connectivity index (χ4v) is 3.10. The second-order valence-electron chi connectivity index (χ2n) is 7.96. The highest BCUT2D eigenvalue weighted by Crippen LogP contribution is 2.35. The molecule has 0 saturated heterocycles. The quantitative estimate of drug-likeness (QED) is 0.692. The summed E-state index contributed by atoms with van der Waals surface area (Å²) in [4.78, 5) is 0. The molecule has 0 aromatic heterocycles. The van der Waals surface area contributed by atoms with Crippen molar-refractivity contribution in [3.05, 3.63) is 48.0 Å². The first-order valence-corrected chi connectivity index (χ1v) is 11.0. The normalized spacial score (nSPS) is 16.7. The molecule has 6 heteroatoms. The molecule has 0 aliphatic carbocycles. The van der Waals surface area contributed by atoms with Gasteiger partial charge in [0.2, 0.25) is 0 Å². The molecular formula is C25H34O6. The van der Waals surface area contributed by atoms with Crippen molar-refractivity contribution in [3.8, 4) is 23.0 Å². The molecule has 0 amide bonds. The molecule has 2 aromatic rings. The highest BCUT2D eigenvalue weighted by Gasteiger charge is 2.20. The maximum atomic E-state index is 6.02. The summed E-state index contributed by atoms with van der Waals surface area (Å²) in [6, 6.07) is 13.8. The van der Waals surface area contributed by atoms with Gasteiger partial charge in [0.25, 0.3) is 0 Å². The Morgan fingerprint density at radius 3 is 1.55 bits per heavy atom. The predicted molar refractivity (Wildman–Crippen MR) is 120 cm³/mol. The van der Waals surface area contributed by atoms with Gasteiger partial charge in [-0.1, -0.05) is 39.0 Å². The lowest BCUT2D eigenvalue weighted by atomic mass is 9.82. The van der Waals surface area contributed by atoms with E-state index in [0.29, 0.717) is 70.1 Å². The summed E-state index contributed by atoms with van der Waals surface area (Å²) in [5, 5.41) is 0. The van der Waals surface area contributed by atoms with E-state index in [1.165, 1.54) is 5.56 Å². The zero-order valence-electron chi connectivity index (χ0n) is 18.9. The number of benzene rings is 2. The Bertz CT molecular complexity index is 804. The van der Waals surface area contributed by atoms with E-state index in [1.54, 1.807) is 0 Å². The maximum Gasteiger partial charge on any atom is 0.161 e. The fourth-order valence-electron chi connectivity index (χ4n) is 3.10. The summed E-state index contributed by atoms with van der Waals surface area (Å²) in [6.45, 7) is 10.2. The van der Waals surface area contributed by atoms with Crippen LogP contribution in [0.1, 0.15) is 32.8 Å². The van der Waals surface area contributed by atoms with Gasteiger partial charge in [0, 0.05) is 0 Å². The Hall–Kier alpha value is -2.44. The summed E-state index contributed by atoms with van der Waals surface area (Å²) < 4.78 is 34.9. The van der Waals surface area contributed by atoms with E-state index < -0.39 is 0 Å². The summed E-state index contributed by atoms with van der Waals surface area (Å²) in [5.74, 6) is 2.85. The Kier molecular flexibility index (Phi) is 8.85. The molecule has 0 atom stereocenters. The van der Waals surface area contributed by atoms with Crippen LogP contribution in [0.25, 0.3) is 0 Å². The van der Waals surface area contributed by atoms with Crippen LogP contribution in [0.3, 0.4) is 0 Å². The minimum absolute atomic E-state index is 0.0671. The van der Waals surface area contributed by atoms with Crippen molar-refractivity contribution >= 4 is 0 Å². The molecule has 0 spiro atoms. The molecule has 0 N–H and O–H groups in total. The highest BCUT2D eigenvalue weighted by atomic mass is 16.6. The Balaban J connectivity index is 1.64. The van der Waals surface area contributed by atoms with Crippen molar-refractivity contribution in [3.63, 3.8) is 0 Å². The second kappa shape index (κ2) is 11.8. The van der Waals surface area contributed by atoms with Crippen LogP contribution in [0.5, 0.6) is 23.0 Å². The Labute approximate surface area is 185 Å². The number of para-hydroxylation sites is 2. The third-order valence-corrected chi connectivity index (χ3v) is 5.40. The van der Waals surface area contributed by atoms with Crippen LogP contribution in [0.2, 0.25) is 0 Å². The van der Waals surface area contributed by atoms with Crippen molar-refractivity contribution in [2.75, 3.05) is 52.9 Å². The van der Waals surface area contributed by atoms with Crippen molar-refractivity contribution in [2.45, 2.75) is 32.6 Å². The van der Waals surface area contributed by atoms with Crippen molar-refractivity contribution < 1.29 is 28.4 Å². The zero-order valence-corrected chi connectivity index (χ0v) is 18.9. The smallest absolute Gasteiger partial charge is 0.161 e. The van der Waals surface area contributed by atoms with Crippen molar-refractivity contribution in [1.29, 1.82) is 0 Å². The monoisotopic (exact) mass is 430 g/mol. The van der Waals surface area contributed by atoms with Crippen LogP contribution < -0.4 is 18.9 Å². The molecule has 1 aliphatic rings. The molecule has 0 radical (unpaired) electrons. The van der Waals surface area contributed by atoms with E-state index in [4.69, 9.17) is 28.4 Å². The van der Waals surface area contributed by atoms with Gasteiger partial charge >= 0.3 is 0 Å². The van der Waals surface area contributed by atoms with Gasteiger partial charge in [0.15, 0.2) is 23.0 Å². The lowest BCUT2D eigenvalue weighted by Crippen LogP contribution is -2.17. The first kappa shape index (κ1) is 23.2. The average molecular weight is 431 g/mol. The first-order valence-electron chi connectivity index (χ1n) is 11.0. The number of fused-ring (bicyclic) bond motifs is 2. The first-order chi connectivity index (χ1) is 15.1. The molecule has 170 valence electrons. The van der Waals surface area contributed by atoms with Gasteiger partial charge in [0.05, 0.1) is 26.4 Å². The van der Waals surface area contributed by atoms with E-state index >= 15 is 0 Å². The summed E-state index contributed by atoms with van der Waals surface area (Å²) in [6.07, 6.45) is 1.04. The minimum Gasteiger partial charge on any atom is -0.487 e. The van der Waals surface area contributed by atoms with Gasteiger partial charge in [-0.15, -0.1) is 0 Å². The number of rotatable bonds is 2. The maximum absolute atomic E-state index is 6.02. The summed E-state index contributed by atoms with van der Waals surface area (Å²) >= 11 is 0. The number of ether oxygens (including phenoxy) is 6. The SMILES string of the molecule is CCC(C)(C)c1ccc2c(c1)OCCOCCOc1ccccc1OCCOCCO2. The Morgan fingerprint density at radius 2 is 1.06 bits per heavy atom. The van der Waals surface area contributed by atoms with Gasteiger partial charge < -0.3 is 28.4 Å². The van der Waals surface area contributed by atoms with Crippen molar-refractivity contribution in [1.82, 2.24) is 0 Å². The Morgan fingerprint density at radius 1 is 0.613 bits per heavy atom. The standard InChI is InChI=1S/C25H34O6/c1-4-25(2,3)20-9-10-23-24(19-20)31-18-14-27-12-16-29-22-8-6-5-7-21(22)28-15-11-26-13-17-30-23/h5-10,19H,4,11-18H2,1-3H3. The molecule has 1 heterocycles. The van der Waals surface area contributed by atoms with E-state index in [1.807, 2.05) is 30.3 Å². The molecule has 6 nitrogen and oxygen atoms in total. The molecule has 31 heavy (non-hydrogen) atoms. The van der Waals surface area contributed by atoms with Crippen LogP contribution in [-0.2, 0) is 14.9 Å². The highest BCUT2D eigenvalue weighted by molar-refractivity contribution is 5.45. The predicted octanol–water partition coefficient (Wildman–Crippen LogP) is 4.64. The molecular weight excluding hydrogens is 396 g/mol. The van der Waals surface area contributed by atoms with Crippen LogP contribution in [-0.4, -0.2) is 52.9 Å². The van der Waals surface area contributed by atoms with Gasteiger partial charge in [0.1, 0.15) is 26.4 Å². The molecule has 0 unspecified atom stereocenters. The molecule has 3 rings (SSSR count). The molecule has 1 aliphatic heterocycles. The second-order valence-corrected chi connectivity index (χ2v) is 7.96. The average Bonchev–Trinajstić information content (AvgIpc) is 2.78. The van der Waals surface area contributed by atoms with Gasteiger partial charge in [-0.3, -0.25) is 0 Å². The van der Waals surface area contributed by atoms with Crippen LogP contribution in [0.4, 0.5) is 0 Å². The van der Waals surface area contributed by atoms with E-state index in [2.05, 4.69) is 32.9 Å². The zero-order chi connectivity index (χ0) is 21.9. The topological polar surface area (TPSA) is 55.4 Å². The molecule has 0 fully saturated rings. The van der Waals surface area contributed by atoms with Gasteiger partial charge in [-0.2, -0.15) is 0 Å². The van der Waals surface area contributed by atoms with E-state index in [0.717, 1.165) is 12.2 Å². The van der Waals surface area contributed by atoms with Gasteiger partial charge in [-0.25, -0.2) is 0 Å². The number of hydrogen-bond acceptors (Lipinski definition) is 6. The fraction of sp³-hybridized carbons (Fsp3) is 0.520. The van der Waals surface area contributed by atoms with Crippen LogP contribution >= 0.6 is 0 Å². The minimum atomic E-state index is 0.0671. The third kappa shape index (κ3) is 7.04. The van der Waals surface area contributed by atoms with E-state index in [9.17, 15) is 0 Å². The largest absolute Gasteiger partial charge is 0.487 e. The van der Waals surface area contributed by atoms with Crippen LogP contribution in [0.15, 0.2) is 42.5 Å². The summed E-state index contributed by atoms with van der Waals surface area (Å²) in [7, 11) is 0. The molecule has 0 bridgehead atoms. The lowest BCUT2D eigenvalue weighted by Gasteiger charge is -2.25. The van der Waals surface area contributed by atoms with E-state index in [-0.39, 0.29) is 5.41 Å². The third-order valence-electron chi connectivity index (χ3n) is 5.40. The number of hydrogen-bond donors (Lipinski definition) is 0. The summed E-state index contributed by atoms with van der Waals surface area (Å²) in [5.41, 5.74) is 1.29. The van der Waals surface area contributed by atoms with Crippen LogP contribution in [0, 0.1) is 0 Å². The molecule has 2 aromatic carbocycles. The molecule has 0 saturated carbocycles. The lowest BCUT2D eigenvalue weighted by molar-refractivity contribution is 0.0640. The van der Waals surface area contributed by atoms with Gasteiger partial charge in [-0.05, 0) is 41.7 Å². The van der Waals surface area contributed by atoms with Crippen molar-refractivity contribution in [2.24, 2.45) is 0 Å².